The minimum Gasteiger partial charge on any atom is -0.408 e. The summed E-state index contributed by atoms with van der Waals surface area (Å²) in [6.07, 6.45) is 6.44. The number of allylic oxidation sites excluding steroid dienone is 1. The number of hydrogen-bond donors (Lipinski definition) is 0. The van der Waals surface area contributed by atoms with Crippen LogP contribution in [-0.4, -0.2) is 28.1 Å². The highest BCUT2D eigenvalue weighted by Gasteiger charge is 2.39. The lowest BCUT2D eigenvalue weighted by Crippen LogP contribution is -2.61. The Kier molecular flexibility index (Phi) is 5.80. The highest BCUT2D eigenvalue weighted by atomic mass is 28.4. The van der Waals surface area contributed by atoms with Gasteiger partial charge in [0.2, 0.25) is 0 Å². The molecular weight excluding hydrogens is 300 g/mol. The van der Waals surface area contributed by atoms with Gasteiger partial charge in [-0.3, -0.25) is 0 Å². The first-order valence-corrected chi connectivity index (χ1v) is 10.5. The number of rotatable bonds is 2. The molecule has 0 atom stereocenters. The lowest BCUT2D eigenvalue weighted by Gasteiger charge is -2.32. The highest BCUT2D eigenvalue weighted by molar-refractivity contribution is 6.97. The Morgan fingerprint density at radius 3 is 2.04 bits per heavy atom. The maximum absolute atomic E-state index is 6.66. The van der Waals surface area contributed by atoms with Crippen LogP contribution in [-0.2, 0) is 9.16 Å². The molecule has 1 aliphatic heterocycles. The van der Waals surface area contributed by atoms with Gasteiger partial charge in [0.05, 0.1) is 6.61 Å². The smallest absolute Gasteiger partial charge is 0.257 e. The summed E-state index contributed by atoms with van der Waals surface area (Å²) in [6.45, 7) is 2.24. The second-order valence-corrected chi connectivity index (χ2v) is 9.44. The molecule has 1 aliphatic rings. The zero-order chi connectivity index (χ0) is 15.8. The summed E-state index contributed by atoms with van der Waals surface area (Å²) in [4.78, 5) is 0. The topological polar surface area (TPSA) is 18.5 Å². The molecule has 0 amide bonds. The molecule has 0 aromatic heterocycles. The third-order valence-electron chi connectivity index (χ3n) is 4.32. The first kappa shape index (κ1) is 16.2. The van der Waals surface area contributed by atoms with Crippen LogP contribution >= 0.6 is 0 Å². The van der Waals surface area contributed by atoms with Crippen molar-refractivity contribution in [1.29, 1.82) is 0 Å². The SMILES string of the molecule is C1=C\COCC[Si](c2ccccc2)(c2ccccc2)OCCC/1. The zero-order valence-corrected chi connectivity index (χ0v) is 14.5. The Bertz CT molecular complexity index is 555. The predicted molar refractivity (Wildman–Crippen MR) is 97.9 cm³/mol. The van der Waals surface area contributed by atoms with Crippen LogP contribution in [0.25, 0.3) is 0 Å². The van der Waals surface area contributed by atoms with Gasteiger partial charge < -0.3 is 9.16 Å². The van der Waals surface area contributed by atoms with Crippen LogP contribution in [0.5, 0.6) is 0 Å². The van der Waals surface area contributed by atoms with Crippen molar-refractivity contribution in [3.8, 4) is 0 Å². The van der Waals surface area contributed by atoms with Gasteiger partial charge >= 0.3 is 0 Å². The monoisotopic (exact) mass is 324 g/mol. The molecule has 1 heterocycles. The van der Waals surface area contributed by atoms with Crippen molar-refractivity contribution >= 4 is 18.7 Å². The van der Waals surface area contributed by atoms with Crippen LogP contribution < -0.4 is 10.4 Å². The van der Waals surface area contributed by atoms with E-state index in [2.05, 4.69) is 72.8 Å². The van der Waals surface area contributed by atoms with E-state index in [1.54, 1.807) is 0 Å². The lowest BCUT2D eigenvalue weighted by atomic mass is 10.3. The van der Waals surface area contributed by atoms with Gasteiger partial charge in [0.1, 0.15) is 0 Å². The maximum atomic E-state index is 6.66. The molecule has 2 nitrogen and oxygen atoms in total. The maximum Gasteiger partial charge on any atom is 0.257 e. The first-order valence-electron chi connectivity index (χ1n) is 8.39. The molecule has 0 saturated carbocycles. The Morgan fingerprint density at radius 2 is 1.39 bits per heavy atom. The van der Waals surface area contributed by atoms with E-state index >= 15 is 0 Å². The minimum absolute atomic E-state index is 0.702. The van der Waals surface area contributed by atoms with Gasteiger partial charge in [-0.05, 0) is 29.3 Å². The lowest BCUT2D eigenvalue weighted by molar-refractivity contribution is 0.173. The van der Waals surface area contributed by atoms with Crippen LogP contribution in [0.4, 0.5) is 0 Å². The number of benzene rings is 2. The van der Waals surface area contributed by atoms with Gasteiger partial charge in [-0.25, -0.2) is 0 Å². The minimum atomic E-state index is -2.25. The summed E-state index contributed by atoms with van der Waals surface area (Å²) in [5.41, 5.74) is 0. The fourth-order valence-electron chi connectivity index (χ4n) is 3.11. The molecule has 2 aromatic carbocycles. The van der Waals surface area contributed by atoms with Gasteiger partial charge in [-0.15, -0.1) is 0 Å². The van der Waals surface area contributed by atoms with Gasteiger partial charge in [0.25, 0.3) is 8.32 Å². The average molecular weight is 324 g/mol. The molecule has 0 saturated heterocycles. The third-order valence-corrected chi connectivity index (χ3v) is 8.46. The van der Waals surface area contributed by atoms with E-state index in [1.165, 1.54) is 10.4 Å². The van der Waals surface area contributed by atoms with Gasteiger partial charge in [-0.1, -0.05) is 72.8 Å². The van der Waals surface area contributed by atoms with E-state index < -0.39 is 8.32 Å². The first-order chi connectivity index (χ1) is 11.4. The summed E-state index contributed by atoms with van der Waals surface area (Å²) in [5.74, 6) is 0. The van der Waals surface area contributed by atoms with Crippen molar-refractivity contribution in [2.45, 2.75) is 18.9 Å². The number of ether oxygens (including phenoxy) is 1. The Morgan fingerprint density at radius 1 is 0.739 bits per heavy atom. The van der Waals surface area contributed by atoms with E-state index in [9.17, 15) is 0 Å². The average Bonchev–Trinajstić information content (AvgIpc) is 2.68. The van der Waals surface area contributed by atoms with Crippen LogP contribution in [0.1, 0.15) is 12.8 Å². The molecule has 3 rings (SSSR count). The Hall–Kier alpha value is -1.68. The van der Waals surface area contributed by atoms with Crippen molar-refractivity contribution in [1.82, 2.24) is 0 Å². The second-order valence-electron chi connectivity index (χ2n) is 5.85. The quantitative estimate of drug-likeness (QED) is 0.624. The largest absolute Gasteiger partial charge is 0.408 e. The molecule has 0 aliphatic carbocycles. The molecule has 23 heavy (non-hydrogen) atoms. The van der Waals surface area contributed by atoms with Crippen LogP contribution in [0.3, 0.4) is 0 Å². The van der Waals surface area contributed by atoms with Crippen LogP contribution in [0.2, 0.25) is 6.04 Å². The van der Waals surface area contributed by atoms with Crippen LogP contribution in [0, 0.1) is 0 Å². The summed E-state index contributed by atoms with van der Waals surface area (Å²) < 4.78 is 12.5. The molecule has 0 bridgehead atoms. The highest BCUT2D eigenvalue weighted by Crippen LogP contribution is 2.15. The van der Waals surface area contributed by atoms with Crippen molar-refractivity contribution in [2.75, 3.05) is 19.8 Å². The van der Waals surface area contributed by atoms with E-state index in [0.29, 0.717) is 6.61 Å². The van der Waals surface area contributed by atoms with Gasteiger partial charge in [-0.2, -0.15) is 0 Å². The van der Waals surface area contributed by atoms with Crippen LogP contribution in [0.15, 0.2) is 72.8 Å². The normalized spacial score (nSPS) is 20.3. The molecule has 0 unspecified atom stereocenters. The molecular formula is C20H24O2Si. The number of hydrogen-bond acceptors (Lipinski definition) is 2. The van der Waals surface area contributed by atoms with E-state index in [-0.39, 0.29) is 0 Å². The van der Waals surface area contributed by atoms with Gasteiger partial charge in [0, 0.05) is 13.2 Å². The standard InChI is InChI=1S/C20H24O2Si/c1-2-10-16-22-23(18-17-21-15-9-1,19-11-5-3-6-12-19)20-13-7-4-8-14-20/h1,3-9,11-14H,2,10,15-18H2/b9-1-. The van der Waals surface area contributed by atoms with Crippen molar-refractivity contribution in [3.63, 3.8) is 0 Å². The second kappa shape index (κ2) is 8.25. The summed E-state index contributed by atoms with van der Waals surface area (Å²) in [6, 6.07) is 22.4. The predicted octanol–water partition coefficient (Wildman–Crippen LogP) is 3.13. The Labute approximate surface area is 139 Å². The van der Waals surface area contributed by atoms with Gasteiger partial charge in [0.15, 0.2) is 0 Å². The van der Waals surface area contributed by atoms with Crippen molar-refractivity contribution in [3.05, 3.63) is 72.8 Å². The summed E-state index contributed by atoms with van der Waals surface area (Å²) >= 11 is 0. The molecule has 2 aromatic rings. The third kappa shape index (κ3) is 3.99. The van der Waals surface area contributed by atoms with Crippen molar-refractivity contribution < 1.29 is 9.16 Å². The zero-order valence-electron chi connectivity index (χ0n) is 13.5. The fraction of sp³-hybridized carbons (Fsp3) is 0.300. The summed E-state index contributed by atoms with van der Waals surface area (Å²) in [7, 11) is -2.25. The molecule has 3 heteroatoms. The molecule has 0 N–H and O–H groups in total. The Balaban J connectivity index is 1.98. The molecule has 0 radical (unpaired) electrons. The van der Waals surface area contributed by atoms with Crippen molar-refractivity contribution in [2.24, 2.45) is 0 Å². The van der Waals surface area contributed by atoms with E-state index in [1.807, 2.05) is 0 Å². The fourth-order valence-corrected chi connectivity index (χ4v) is 6.88. The molecule has 0 fully saturated rings. The summed E-state index contributed by atoms with van der Waals surface area (Å²) in [5, 5.41) is 2.67. The molecule has 120 valence electrons. The van der Waals surface area contributed by atoms with E-state index in [4.69, 9.17) is 9.16 Å². The molecule has 0 spiro atoms. The van der Waals surface area contributed by atoms with E-state index in [0.717, 1.165) is 32.1 Å².